The van der Waals surface area contributed by atoms with E-state index in [0.717, 1.165) is 0 Å². The number of hydrogen-bond donors (Lipinski definition) is 1. The van der Waals surface area contributed by atoms with Gasteiger partial charge >= 0.3 is 0 Å². The standard InChI is InChI=1S/C13H9Cl2N3O3/c1-7-10(3-5-12(15)16-7)17-13(19)8-2-4-11(18(20)21)9(14)6-8/h2-6H,1H3,(H,17,19). The van der Waals surface area contributed by atoms with Crippen LogP contribution in [0.2, 0.25) is 10.2 Å². The topological polar surface area (TPSA) is 85.1 Å². The van der Waals surface area contributed by atoms with Crippen molar-refractivity contribution in [1.82, 2.24) is 4.98 Å². The van der Waals surface area contributed by atoms with Crippen LogP contribution in [0.5, 0.6) is 0 Å². The lowest BCUT2D eigenvalue weighted by atomic mass is 10.2. The number of aromatic nitrogens is 1. The Labute approximate surface area is 129 Å². The molecular formula is C13H9Cl2N3O3. The van der Waals surface area contributed by atoms with E-state index in [2.05, 4.69) is 10.3 Å². The van der Waals surface area contributed by atoms with Gasteiger partial charge in [0.1, 0.15) is 10.2 Å². The molecule has 2 rings (SSSR count). The molecule has 0 saturated heterocycles. The van der Waals surface area contributed by atoms with Crippen LogP contribution in [0.1, 0.15) is 16.1 Å². The number of rotatable bonds is 3. The maximum absolute atomic E-state index is 12.1. The molecule has 0 aliphatic carbocycles. The maximum Gasteiger partial charge on any atom is 0.287 e. The fraction of sp³-hybridized carbons (Fsp3) is 0.0769. The zero-order chi connectivity index (χ0) is 15.6. The molecule has 1 amide bonds. The highest BCUT2D eigenvalue weighted by atomic mass is 35.5. The van der Waals surface area contributed by atoms with Gasteiger partial charge in [-0.25, -0.2) is 4.98 Å². The van der Waals surface area contributed by atoms with E-state index in [1.54, 1.807) is 19.1 Å². The van der Waals surface area contributed by atoms with E-state index in [4.69, 9.17) is 23.2 Å². The van der Waals surface area contributed by atoms with E-state index in [0.29, 0.717) is 16.5 Å². The summed E-state index contributed by atoms with van der Waals surface area (Å²) in [5, 5.41) is 13.5. The minimum absolute atomic E-state index is 0.0985. The number of nitrogens with zero attached hydrogens (tertiary/aromatic N) is 2. The number of nitro benzene ring substituents is 1. The van der Waals surface area contributed by atoms with Crippen LogP contribution in [-0.4, -0.2) is 15.8 Å². The molecule has 0 aliphatic rings. The minimum Gasteiger partial charge on any atom is -0.320 e. The summed E-state index contributed by atoms with van der Waals surface area (Å²) in [4.78, 5) is 26.2. The lowest BCUT2D eigenvalue weighted by Crippen LogP contribution is -2.13. The number of nitro groups is 1. The van der Waals surface area contributed by atoms with Gasteiger partial charge in [0, 0.05) is 11.6 Å². The first-order chi connectivity index (χ1) is 9.88. The second-order valence-corrected chi connectivity index (χ2v) is 4.94. The number of carbonyl (C=O) groups excluding carboxylic acids is 1. The summed E-state index contributed by atoms with van der Waals surface area (Å²) >= 11 is 11.5. The molecule has 0 saturated carbocycles. The van der Waals surface area contributed by atoms with Crippen molar-refractivity contribution in [2.24, 2.45) is 0 Å². The summed E-state index contributed by atoms with van der Waals surface area (Å²) in [5.74, 6) is -0.445. The quantitative estimate of drug-likeness (QED) is 0.527. The van der Waals surface area contributed by atoms with Crippen molar-refractivity contribution in [2.75, 3.05) is 5.32 Å². The van der Waals surface area contributed by atoms with E-state index in [1.165, 1.54) is 18.2 Å². The fourth-order valence-corrected chi connectivity index (χ4v) is 2.09. The summed E-state index contributed by atoms with van der Waals surface area (Å²) in [6.07, 6.45) is 0. The molecule has 0 radical (unpaired) electrons. The highest BCUT2D eigenvalue weighted by Gasteiger charge is 2.16. The monoisotopic (exact) mass is 325 g/mol. The molecule has 0 unspecified atom stereocenters. The van der Waals surface area contributed by atoms with Gasteiger partial charge in [0.2, 0.25) is 0 Å². The molecule has 2 aromatic rings. The van der Waals surface area contributed by atoms with Crippen LogP contribution in [0.25, 0.3) is 0 Å². The first-order valence-electron chi connectivity index (χ1n) is 5.77. The Morgan fingerprint density at radius 1 is 1.29 bits per heavy atom. The van der Waals surface area contributed by atoms with E-state index in [1.807, 2.05) is 0 Å². The van der Waals surface area contributed by atoms with Crippen LogP contribution in [0, 0.1) is 17.0 Å². The van der Waals surface area contributed by atoms with Crippen LogP contribution in [0.15, 0.2) is 30.3 Å². The number of halogens is 2. The summed E-state index contributed by atoms with van der Waals surface area (Å²) in [5.41, 5.74) is 1.01. The first kappa shape index (κ1) is 15.2. The van der Waals surface area contributed by atoms with Crippen LogP contribution in [0.4, 0.5) is 11.4 Å². The van der Waals surface area contributed by atoms with Crippen LogP contribution in [0.3, 0.4) is 0 Å². The van der Waals surface area contributed by atoms with Gasteiger partial charge in [0.05, 0.1) is 16.3 Å². The first-order valence-corrected chi connectivity index (χ1v) is 6.52. The number of nitrogens with one attached hydrogen (secondary N) is 1. The van der Waals surface area contributed by atoms with Crippen molar-refractivity contribution in [3.63, 3.8) is 0 Å². The summed E-state index contributed by atoms with van der Waals surface area (Å²) in [6.45, 7) is 1.70. The average molecular weight is 326 g/mol. The molecule has 0 aliphatic heterocycles. The number of anilines is 1. The third-order valence-electron chi connectivity index (χ3n) is 2.71. The summed E-state index contributed by atoms with van der Waals surface area (Å²) in [6, 6.07) is 6.93. The molecule has 6 nitrogen and oxygen atoms in total. The molecule has 21 heavy (non-hydrogen) atoms. The summed E-state index contributed by atoms with van der Waals surface area (Å²) in [7, 11) is 0. The Balaban J connectivity index is 2.24. The van der Waals surface area contributed by atoms with Gasteiger partial charge in [-0.15, -0.1) is 0 Å². The van der Waals surface area contributed by atoms with Crippen LogP contribution >= 0.6 is 23.2 Å². The third kappa shape index (κ3) is 3.48. The number of carbonyl (C=O) groups is 1. The largest absolute Gasteiger partial charge is 0.320 e. The molecular weight excluding hydrogens is 317 g/mol. The molecule has 0 bridgehead atoms. The number of hydrogen-bond acceptors (Lipinski definition) is 4. The molecule has 1 aromatic carbocycles. The highest BCUT2D eigenvalue weighted by molar-refractivity contribution is 6.33. The number of amides is 1. The van der Waals surface area contributed by atoms with Gasteiger partial charge in [-0.05, 0) is 31.2 Å². The second kappa shape index (κ2) is 6.07. The van der Waals surface area contributed by atoms with E-state index in [9.17, 15) is 14.9 Å². The van der Waals surface area contributed by atoms with Crippen LogP contribution in [-0.2, 0) is 0 Å². The van der Waals surface area contributed by atoms with Gasteiger partial charge in [-0.1, -0.05) is 23.2 Å². The van der Waals surface area contributed by atoms with E-state index >= 15 is 0 Å². The predicted octanol–water partition coefficient (Wildman–Crippen LogP) is 3.86. The Bertz CT molecular complexity index is 735. The Morgan fingerprint density at radius 3 is 2.57 bits per heavy atom. The van der Waals surface area contributed by atoms with Crippen molar-refractivity contribution in [3.05, 3.63) is 61.9 Å². The van der Waals surface area contributed by atoms with Crippen molar-refractivity contribution in [3.8, 4) is 0 Å². The van der Waals surface area contributed by atoms with Gasteiger partial charge < -0.3 is 5.32 Å². The van der Waals surface area contributed by atoms with Gasteiger partial charge in [-0.2, -0.15) is 0 Å². The van der Waals surface area contributed by atoms with E-state index < -0.39 is 10.8 Å². The molecule has 0 fully saturated rings. The average Bonchev–Trinajstić information content (AvgIpc) is 2.41. The molecule has 1 aromatic heterocycles. The SMILES string of the molecule is Cc1nc(Cl)ccc1NC(=O)c1ccc([N+](=O)[O-])c(Cl)c1. The molecule has 0 atom stereocenters. The molecule has 108 valence electrons. The number of pyridine rings is 1. The predicted molar refractivity (Wildman–Crippen MR) is 80.0 cm³/mol. The molecule has 0 spiro atoms. The van der Waals surface area contributed by atoms with Gasteiger partial charge in [0.15, 0.2) is 0 Å². The van der Waals surface area contributed by atoms with Gasteiger partial charge in [0.25, 0.3) is 11.6 Å². The molecule has 1 heterocycles. The van der Waals surface area contributed by atoms with Crippen molar-refractivity contribution >= 4 is 40.5 Å². The van der Waals surface area contributed by atoms with Crippen molar-refractivity contribution in [1.29, 1.82) is 0 Å². The lowest BCUT2D eigenvalue weighted by Gasteiger charge is -2.08. The molecule has 8 heteroatoms. The lowest BCUT2D eigenvalue weighted by molar-refractivity contribution is -0.384. The summed E-state index contributed by atoms with van der Waals surface area (Å²) < 4.78 is 0. The Hall–Kier alpha value is -2.18. The number of aryl methyl sites for hydroxylation is 1. The molecule has 1 N–H and O–H groups in total. The Morgan fingerprint density at radius 2 is 2.00 bits per heavy atom. The number of benzene rings is 1. The minimum atomic E-state index is -0.614. The van der Waals surface area contributed by atoms with Crippen molar-refractivity contribution < 1.29 is 9.72 Å². The third-order valence-corrected chi connectivity index (χ3v) is 3.22. The van der Waals surface area contributed by atoms with E-state index in [-0.39, 0.29) is 16.3 Å². The van der Waals surface area contributed by atoms with Crippen molar-refractivity contribution in [2.45, 2.75) is 6.92 Å². The van der Waals surface area contributed by atoms with Gasteiger partial charge in [-0.3, -0.25) is 14.9 Å². The Kier molecular flexibility index (Phi) is 4.40. The fourth-order valence-electron chi connectivity index (χ4n) is 1.65. The normalized spacial score (nSPS) is 10.2. The highest BCUT2D eigenvalue weighted by Crippen LogP contribution is 2.25. The maximum atomic E-state index is 12.1. The van der Waals surface area contributed by atoms with Crippen LogP contribution < -0.4 is 5.32 Å². The smallest absolute Gasteiger partial charge is 0.287 e. The zero-order valence-corrected chi connectivity index (χ0v) is 12.3. The zero-order valence-electron chi connectivity index (χ0n) is 10.8. The second-order valence-electron chi connectivity index (χ2n) is 4.14.